The van der Waals surface area contributed by atoms with E-state index in [2.05, 4.69) is 12.2 Å². The van der Waals surface area contributed by atoms with Gasteiger partial charge in [-0.25, -0.2) is 0 Å². The molecule has 2 fully saturated rings. The Balaban J connectivity index is 1.79. The van der Waals surface area contributed by atoms with Crippen LogP contribution < -0.4 is 5.32 Å². The monoisotopic (exact) mass is 239 g/mol. The first-order chi connectivity index (χ1) is 8.16. The maximum absolute atomic E-state index is 12.1. The zero-order chi connectivity index (χ0) is 12.3. The zero-order valence-electron chi connectivity index (χ0n) is 10.8. The van der Waals surface area contributed by atoms with Crippen molar-refractivity contribution >= 4 is 5.91 Å². The molecule has 0 aromatic heterocycles. The summed E-state index contributed by atoms with van der Waals surface area (Å²) in [6.07, 6.45) is 8.07. The van der Waals surface area contributed by atoms with Crippen LogP contribution >= 0.6 is 0 Å². The molecule has 0 aliphatic heterocycles. The average Bonchev–Trinajstić information content (AvgIpc) is 2.33. The fourth-order valence-electron chi connectivity index (χ4n) is 3.10. The summed E-state index contributed by atoms with van der Waals surface area (Å²) in [5.74, 6) is 1.16. The van der Waals surface area contributed by atoms with E-state index in [0.29, 0.717) is 0 Å². The number of hydrogen-bond acceptors (Lipinski definition) is 2. The van der Waals surface area contributed by atoms with Crippen molar-refractivity contribution in [2.75, 3.05) is 0 Å². The van der Waals surface area contributed by atoms with Gasteiger partial charge in [0, 0.05) is 5.92 Å². The van der Waals surface area contributed by atoms with Gasteiger partial charge in [-0.15, -0.1) is 0 Å². The highest BCUT2D eigenvalue weighted by molar-refractivity contribution is 5.79. The maximum atomic E-state index is 12.1. The van der Waals surface area contributed by atoms with Gasteiger partial charge in [0.2, 0.25) is 5.91 Å². The van der Waals surface area contributed by atoms with Gasteiger partial charge in [-0.1, -0.05) is 19.8 Å². The van der Waals surface area contributed by atoms with Crippen molar-refractivity contribution in [2.45, 2.75) is 70.4 Å². The lowest BCUT2D eigenvalue weighted by atomic mass is 9.82. The summed E-state index contributed by atoms with van der Waals surface area (Å²) in [6, 6.07) is 0.00981. The molecule has 17 heavy (non-hydrogen) atoms. The number of carbonyl (C=O) groups excluding carboxylic acids is 1. The quantitative estimate of drug-likeness (QED) is 0.776. The van der Waals surface area contributed by atoms with Crippen LogP contribution in [0.25, 0.3) is 0 Å². The van der Waals surface area contributed by atoms with E-state index in [1.807, 2.05) is 0 Å². The van der Waals surface area contributed by atoms with Gasteiger partial charge in [0.05, 0.1) is 12.1 Å². The lowest BCUT2D eigenvalue weighted by Gasteiger charge is -2.31. The van der Waals surface area contributed by atoms with Gasteiger partial charge in [0.15, 0.2) is 0 Å². The third kappa shape index (κ3) is 3.44. The lowest BCUT2D eigenvalue weighted by molar-refractivity contribution is -0.128. The number of hydrogen-bond donors (Lipinski definition) is 2. The highest BCUT2D eigenvalue weighted by Crippen LogP contribution is 2.29. The van der Waals surface area contributed by atoms with Crippen molar-refractivity contribution in [3.63, 3.8) is 0 Å². The van der Waals surface area contributed by atoms with Gasteiger partial charge in [-0.2, -0.15) is 0 Å². The molecule has 1 amide bonds. The Labute approximate surface area is 104 Å². The molecular weight excluding hydrogens is 214 g/mol. The van der Waals surface area contributed by atoms with Crippen molar-refractivity contribution in [1.29, 1.82) is 0 Å². The lowest BCUT2D eigenvalue weighted by Crippen LogP contribution is -2.47. The van der Waals surface area contributed by atoms with Crippen LogP contribution in [0.4, 0.5) is 0 Å². The zero-order valence-corrected chi connectivity index (χ0v) is 10.8. The molecule has 3 heteroatoms. The Morgan fingerprint density at radius 1 is 1.06 bits per heavy atom. The van der Waals surface area contributed by atoms with Gasteiger partial charge in [0.1, 0.15) is 0 Å². The van der Waals surface area contributed by atoms with E-state index >= 15 is 0 Å². The Bertz CT molecular complexity index is 259. The first kappa shape index (κ1) is 12.9. The average molecular weight is 239 g/mol. The number of nitrogens with one attached hydrogen (secondary N) is 1. The molecule has 0 radical (unpaired) electrons. The molecule has 2 aliphatic rings. The standard InChI is InChI=1S/C14H25NO2/c1-10-6-8-11(9-7-10)14(17)15-12-4-2-3-5-13(12)16/h10-13,16H,2-9H2,1H3,(H,15,17)/t10?,11?,12-,13-/m1/s1. The van der Waals surface area contributed by atoms with E-state index < -0.39 is 0 Å². The van der Waals surface area contributed by atoms with Gasteiger partial charge in [-0.05, 0) is 44.4 Å². The summed E-state index contributed by atoms with van der Waals surface area (Å²) in [6.45, 7) is 2.26. The van der Waals surface area contributed by atoms with Crippen molar-refractivity contribution in [3.05, 3.63) is 0 Å². The molecule has 2 aliphatic carbocycles. The van der Waals surface area contributed by atoms with E-state index in [1.165, 1.54) is 12.8 Å². The second kappa shape index (κ2) is 5.85. The summed E-state index contributed by atoms with van der Waals surface area (Å²) in [5.41, 5.74) is 0. The first-order valence-corrected chi connectivity index (χ1v) is 7.15. The van der Waals surface area contributed by atoms with Crippen LogP contribution in [0, 0.1) is 11.8 Å². The maximum Gasteiger partial charge on any atom is 0.223 e. The number of aliphatic hydroxyl groups is 1. The molecule has 2 N–H and O–H groups in total. The topological polar surface area (TPSA) is 49.3 Å². The summed E-state index contributed by atoms with van der Waals surface area (Å²) >= 11 is 0. The van der Waals surface area contributed by atoms with Crippen LogP contribution in [0.3, 0.4) is 0 Å². The van der Waals surface area contributed by atoms with Gasteiger partial charge in [-0.3, -0.25) is 4.79 Å². The molecule has 0 spiro atoms. The highest BCUT2D eigenvalue weighted by atomic mass is 16.3. The van der Waals surface area contributed by atoms with Crippen molar-refractivity contribution in [1.82, 2.24) is 5.32 Å². The van der Waals surface area contributed by atoms with E-state index in [-0.39, 0.29) is 24.0 Å². The predicted octanol–water partition coefficient (Wildman–Crippen LogP) is 2.23. The Kier molecular flexibility index (Phi) is 4.43. The molecule has 2 rings (SSSR count). The third-order valence-electron chi connectivity index (χ3n) is 4.44. The Hall–Kier alpha value is -0.570. The summed E-state index contributed by atoms with van der Waals surface area (Å²) < 4.78 is 0. The minimum Gasteiger partial charge on any atom is -0.391 e. The van der Waals surface area contributed by atoms with E-state index in [0.717, 1.165) is 44.4 Å². The Morgan fingerprint density at radius 2 is 1.71 bits per heavy atom. The summed E-state index contributed by atoms with van der Waals surface area (Å²) in [4.78, 5) is 12.1. The molecule has 98 valence electrons. The van der Waals surface area contributed by atoms with Gasteiger partial charge < -0.3 is 10.4 Å². The third-order valence-corrected chi connectivity index (χ3v) is 4.44. The molecule has 0 heterocycles. The SMILES string of the molecule is CC1CCC(C(=O)N[C@@H]2CCCC[C@H]2O)CC1. The number of aliphatic hydroxyl groups excluding tert-OH is 1. The molecular formula is C14H25NO2. The number of carbonyl (C=O) groups is 1. The molecule has 3 nitrogen and oxygen atoms in total. The smallest absolute Gasteiger partial charge is 0.223 e. The van der Waals surface area contributed by atoms with Crippen LogP contribution in [0.2, 0.25) is 0 Å². The van der Waals surface area contributed by atoms with Crippen LogP contribution in [0.5, 0.6) is 0 Å². The summed E-state index contributed by atoms with van der Waals surface area (Å²) in [7, 11) is 0. The second-order valence-electron chi connectivity index (χ2n) is 5.92. The van der Waals surface area contributed by atoms with Crippen molar-refractivity contribution in [3.8, 4) is 0 Å². The fourth-order valence-corrected chi connectivity index (χ4v) is 3.10. The molecule has 0 unspecified atom stereocenters. The molecule has 0 aromatic rings. The van der Waals surface area contributed by atoms with E-state index in [9.17, 15) is 9.90 Å². The molecule has 0 saturated heterocycles. The fraction of sp³-hybridized carbons (Fsp3) is 0.929. The first-order valence-electron chi connectivity index (χ1n) is 7.15. The highest BCUT2D eigenvalue weighted by Gasteiger charge is 2.29. The van der Waals surface area contributed by atoms with Gasteiger partial charge >= 0.3 is 0 Å². The Morgan fingerprint density at radius 3 is 2.35 bits per heavy atom. The van der Waals surface area contributed by atoms with Crippen LogP contribution in [0.1, 0.15) is 58.3 Å². The molecule has 0 aromatic carbocycles. The number of rotatable bonds is 2. The minimum absolute atomic E-state index is 0.00981. The molecule has 2 atom stereocenters. The minimum atomic E-state index is -0.324. The largest absolute Gasteiger partial charge is 0.391 e. The second-order valence-corrected chi connectivity index (χ2v) is 5.92. The molecule has 2 saturated carbocycles. The normalized spacial score (nSPS) is 38.7. The van der Waals surface area contributed by atoms with Crippen molar-refractivity contribution in [2.24, 2.45) is 11.8 Å². The number of amides is 1. The van der Waals surface area contributed by atoms with Crippen molar-refractivity contribution < 1.29 is 9.90 Å². The van der Waals surface area contributed by atoms with Crippen LogP contribution in [-0.2, 0) is 4.79 Å². The predicted molar refractivity (Wildman–Crippen MR) is 67.5 cm³/mol. The molecule has 0 bridgehead atoms. The van der Waals surface area contributed by atoms with E-state index in [1.54, 1.807) is 0 Å². The van der Waals surface area contributed by atoms with E-state index in [4.69, 9.17) is 0 Å². The van der Waals surface area contributed by atoms with Gasteiger partial charge in [0.25, 0.3) is 0 Å². The van der Waals surface area contributed by atoms with Crippen LogP contribution in [0.15, 0.2) is 0 Å². The summed E-state index contributed by atoms with van der Waals surface area (Å²) in [5, 5.41) is 12.9. The van der Waals surface area contributed by atoms with Crippen LogP contribution in [-0.4, -0.2) is 23.2 Å².